The Morgan fingerprint density at radius 2 is 2.25 bits per heavy atom. The second-order valence-electron chi connectivity index (χ2n) is 3.46. The highest BCUT2D eigenvalue weighted by Gasteiger charge is 2.19. The highest BCUT2D eigenvalue weighted by atomic mass is 35.5. The summed E-state index contributed by atoms with van der Waals surface area (Å²) >= 11 is 6.16. The third-order valence-corrected chi connectivity index (χ3v) is 2.96. The van der Waals surface area contributed by atoms with E-state index in [1.54, 1.807) is 17.5 Å². The molecule has 2 heterocycles. The fourth-order valence-electron chi connectivity index (χ4n) is 1.74. The Hall–Kier alpha value is -1.48. The zero-order valence-electron chi connectivity index (χ0n) is 9.16. The molecule has 0 spiro atoms. The van der Waals surface area contributed by atoms with E-state index in [1.165, 1.54) is 0 Å². The van der Waals surface area contributed by atoms with Gasteiger partial charge in [-0.15, -0.1) is 0 Å². The van der Waals surface area contributed by atoms with Gasteiger partial charge in [-0.3, -0.25) is 0 Å². The van der Waals surface area contributed by atoms with Crippen LogP contribution in [0.1, 0.15) is 23.0 Å². The van der Waals surface area contributed by atoms with Gasteiger partial charge in [0.05, 0.1) is 17.1 Å². The van der Waals surface area contributed by atoms with Crippen molar-refractivity contribution in [2.75, 3.05) is 6.61 Å². The molecule has 0 aliphatic rings. The van der Waals surface area contributed by atoms with Gasteiger partial charge in [0.2, 0.25) is 0 Å². The van der Waals surface area contributed by atoms with E-state index in [0.717, 1.165) is 11.1 Å². The van der Waals surface area contributed by atoms with Crippen molar-refractivity contribution in [2.45, 2.75) is 13.8 Å². The van der Waals surface area contributed by atoms with Crippen molar-refractivity contribution in [3.63, 3.8) is 0 Å². The second kappa shape index (κ2) is 4.18. The molecule has 16 heavy (non-hydrogen) atoms. The molecule has 84 valence electrons. The molecule has 2 aromatic heterocycles. The van der Waals surface area contributed by atoms with E-state index in [0.29, 0.717) is 17.3 Å². The molecular weight excluding hydrogens is 226 g/mol. The summed E-state index contributed by atoms with van der Waals surface area (Å²) in [6, 6.07) is 5.61. The molecule has 0 radical (unpaired) electrons. The number of halogens is 1. The van der Waals surface area contributed by atoms with Gasteiger partial charge in [0.25, 0.3) is 0 Å². The normalized spacial score (nSPS) is 10.7. The number of carbonyl (C=O) groups excluding carboxylic acids is 1. The Labute approximate surface area is 98.6 Å². The minimum atomic E-state index is -0.340. The van der Waals surface area contributed by atoms with Crippen LogP contribution in [0.15, 0.2) is 24.4 Å². The van der Waals surface area contributed by atoms with Crippen molar-refractivity contribution >= 4 is 23.1 Å². The lowest BCUT2D eigenvalue weighted by Gasteiger charge is -2.03. The van der Waals surface area contributed by atoms with Crippen LogP contribution in [-0.2, 0) is 4.74 Å². The number of hydrogen-bond acceptors (Lipinski definition) is 2. The highest BCUT2D eigenvalue weighted by molar-refractivity contribution is 6.35. The van der Waals surface area contributed by atoms with E-state index in [4.69, 9.17) is 16.3 Å². The SMILES string of the molecule is CCOC(=O)c1c(C)c(Cl)c2ccccn12. The summed E-state index contributed by atoms with van der Waals surface area (Å²) in [7, 11) is 0. The van der Waals surface area contributed by atoms with Crippen LogP contribution in [0.3, 0.4) is 0 Å². The van der Waals surface area contributed by atoms with Crippen LogP contribution in [0.2, 0.25) is 5.02 Å². The topological polar surface area (TPSA) is 30.7 Å². The maximum atomic E-state index is 11.8. The number of esters is 1. The zero-order valence-corrected chi connectivity index (χ0v) is 9.91. The number of fused-ring (bicyclic) bond motifs is 1. The lowest BCUT2D eigenvalue weighted by atomic mass is 10.2. The summed E-state index contributed by atoms with van der Waals surface area (Å²) in [6.45, 7) is 3.96. The van der Waals surface area contributed by atoms with Gasteiger partial charge in [-0.25, -0.2) is 4.79 Å². The predicted molar refractivity (Wildman–Crippen MR) is 63.1 cm³/mol. The van der Waals surface area contributed by atoms with E-state index in [2.05, 4.69) is 0 Å². The average Bonchev–Trinajstić information content (AvgIpc) is 2.53. The largest absolute Gasteiger partial charge is 0.461 e. The Kier molecular flexibility index (Phi) is 2.88. The summed E-state index contributed by atoms with van der Waals surface area (Å²) in [5.41, 5.74) is 2.08. The van der Waals surface area contributed by atoms with Gasteiger partial charge in [0.15, 0.2) is 0 Å². The van der Waals surface area contributed by atoms with Crippen LogP contribution in [0.4, 0.5) is 0 Å². The number of pyridine rings is 1. The van der Waals surface area contributed by atoms with Crippen molar-refractivity contribution in [1.82, 2.24) is 4.40 Å². The summed E-state index contributed by atoms with van der Waals surface area (Å²) < 4.78 is 6.77. The highest BCUT2D eigenvalue weighted by Crippen LogP contribution is 2.28. The first-order valence-corrected chi connectivity index (χ1v) is 5.47. The molecule has 0 saturated heterocycles. The second-order valence-corrected chi connectivity index (χ2v) is 3.84. The molecule has 2 rings (SSSR count). The first-order valence-electron chi connectivity index (χ1n) is 5.09. The van der Waals surface area contributed by atoms with E-state index in [-0.39, 0.29) is 5.97 Å². The van der Waals surface area contributed by atoms with Crippen LogP contribution < -0.4 is 0 Å². The molecule has 0 aromatic carbocycles. The Morgan fingerprint density at radius 3 is 2.94 bits per heavy atom. The van der Waals surface area contributed by atoms with Crippen LogP contribution in [0, 0.1) is 6.92 Å². The number of rotatable bonds is 2. The molecule has 2 aromatic rings. The number of aromatic nitrogens is 1. The Balaban J connectivity index is 2.68. The van der Waals surface area contributed by atoms with Crippen LogP contribution in [0.25, 0.3) is 5.52 Å². The average molecular weight is 238 g/mol. The molecular formula is C12H12ClNO2. The fourth-order valence-corrected chi connectivity index (χ4v) is 1.99. The predicted octanol–water partition coefficient (Wildman–Crippen LogP) is 3.08. The first kappa shape index (κ1) is 11.0. The molecule has 0 fully saturated rings. The quantitative estimate of drug-likeness (QED) is 0.752. The van der Waals surface area contributed by atoms with Crippen LogP contribution in [-0.4, -0.2) is 17.0 Å². The lowest BCUT2D eigenvalue weighted by Crippen LogP contribution is -2.09. The maximum absolute atomic E-state index is 11.8. The molecule has 0 unspecified atom stereocenters. The van der Waals surface area contributed by atoms with Gasteiger partial charge >= 0.3 is 5.97 Å². The van der Waals surface area contributed by atoms with E-state index in [1.807, 2.05) is 25.1 Å². The van der Waals surface area contributed by atoms with Crippen molar-refractivity contribution in [2.24, 2.45) is 0 Å². The van der Waals surface area contributed by atoms with Gasteiger partial charge in [0.1, 0.15) is 5.69 Å². The van der Waals surface area contributed by atoms with Gasteiger partial charge < -0.3 is 9.14 Å². The minimum absolute atomic E-state index is 0.340. The lowest BCUT2D eigenvalue weighted by molar-refractivity contribution is 0.0517. The molecule has 0 N–H and O–H groups in total. The summed E-state index contributed by atoms with van der Waals surface area (Å²) in [4.78, 5) is 11.8. The van der Waals surface area contributed by atoms with Gasteiger partial charge in [0, 0.05) is 11.8 Å². The summed E-state index contributed by atoms with van der Waals surface area (Å²) in [5.74, 6) is -0.340. The van der Waals surface area contributed by atoms with Gasteiger partial charge in [-0.2, -0.15) is 0 Å². The Bertz CT molecular complexity index is 545. The third kappa shape index (κ3) is 1.57. The Morgan fingerprint density at radius 1 is 1.50 bits per heavy atom. The summed E-state index contributed by atoms with van der Waals surface area (Å²) in [6.07, 6.45) is 1.81. The van der Waals surface area contributed by atoms with Crippen molar-refractivity contribution < 1.29 is 9.53 Å². The molecule has 0 atom stereocenters. The standard InChI is InChI=1S/C12H12ClNO2/c1-3-16-12(15)11-8(2)10(13)9-6-4-5-7-14(9)11/h4-7H,3H2,1-2H3. The third-order valence-electron chi connectivity index (χ3n) is 2.48. The molecule has 0 bridgehead atoms. The number of hydrogen-bond donors (Lipinski definition) is 0. The number of ether oxygens (including phenoxy) is 1. The molecule has 3 nitrogen and oxygen atoms in total. The van der Waals surface area contributed by atoms with E-state index in [9.17, 15) is 4.79 Å². The molecule has 4 heteroatoms. The molecule has 0 saturated carbocycles. The number of nitrogens with zero attached hydrogens (tertiary/aromatic N) is 1. The van der Waals surface area contributed by atoms with Gasteiger partial charge in [-0.1, -0.05) is 17.7 Å². The number of carbonyl (C=O) groups is 1. The summed E-state index contributed by atoms with van der Waals surface area (Å²) in [5, 5.41) is 0.601. The minimum Gasteiger partial charge on any atom is -0.461 e. The van der Waals surface area contributed by atoms with Crippen molar-refractivity contribution in [1.29, 1.82) is 0 Å². The zero-order chi connectivity index (χ0) is 11.7. The van der Waals surface area contributed by atoms with E-state index < -0.39 is 0 Å². The molecule has 0 aliphatic carbocycles. The van der Waals surface area contributed by atoms with Crippen molar-refractivity contribution in [3.05, 3.63) is 40.7 Å². The van der Waals surface area contributed by atoms with Crippen molar-refractivity contribution in [3.8, 4) is 0 Å². The molecule has 0 amide bonds. The fraction of sp³-hybridized carbons (Fsp3) is 0.250. The monoisotopic (exact) mass is 237 g/mol. The van der Waals surface area contributed by atoms with Gasteiger partial charge in [-0.05, 0) is 26.0 Å². The molecule has 0 aliphatic heterocycles. The van der Waals surface area contributed by atoms with E-state index >= 15 is 0 Å². The first-order chi connectivity index (χ1) is 7.66. The van der Waals surface area contributed by atoms with Crippen LogP contribution in [0.5, 0.6) is 0 Å². The maximum Gasteiger partial charge on any atom is 0.355 e. The smallest absolute Gasteiger partial charge is 0.355 e. The van der Waals surface area contributed by atoms with Crippen LogP contribution >= 0.6 is 11.6 Å².